The van der Waals surface area contributed by atoms with Crippen LogP contribution in [0.25, 0.3) is 0 Å². The summed E-state index contributed by atoms with van der Waals surface area (Å²) in [5.41, 5.74) is 0.582. The van der Waals surface area contributed by atoms with E-state index in [0.29, 0.717) is 37.4 Å². The summed E-state index contributed by atoms with van der Waals surface area (Å²) in [4.78, 5) is 30.0. The van der Waals surface area contributed by atoms with Crippen molar-refractivity contribution in [3.63, 3.8) is 0 Å². The first-order valence-corrected chi connectivity index (χ1v) is 8.20. The molecule has 3 rings (SSSR count). The highest BCUT2D eigenvalue weighted by Gasteiger charge is 2.51. The van der Waals surface area contributed by atoms with Crippen LogP contribution >= 0.6 is 0 Å². The fraction of sp³-hybridized carbons (Fsp3) is 0.500. The molecule has 0 saturated carbocycles. The van der Waals surface area contributed by atoms with E-state index in [1.165, 1.54) is 0 Å². The van der Waals surface area contributed by atoms with Gasteiger partial charge in [-0.15, -0.1) is 0 Å². The first kappa shape index (κ1) is 17.4. The van der Waals surface area contributed by atoms with E-state index in [4.69, 9.17) is 10.00 Å². The van der Waals surface area contributed by atoms with Gasteiger partial charge in [-0.3, -0.25) is 14.5 Å². The molecule has 0 radical (unpaired) electrons. The van der Waals surface area contributed by atoms with Crippen LogP contribution in [0.1, 0.15) is 15.9 Å². The summed E-state index contributed by atoms with van der Waals surface area (Å²) in [6.45, 7) is 1.93. The van der Waals surface area contributed by atoms with Gasteiger partial charge in [0.15, 0.2) is 0 Å². The molecular formula is C18H22N4O3. The number of hydrogen-bond donors (Lipinski definition) is 0. The quantitative estimate of drug-likeness (QED) is 0.766. The van der Waals surface area contributed by atoms with E-state index >= 15 is 0 Å². The van der Waals surface area contributed by atoms with Crippen LogP contribution in [0.5, 0.6) is 0 Å². The highest BCUT2D eigenvalue weighted by Crippen LogP contribution is 2.32. The van der Waals surface area contributed by atoms with Gasteiger partial charge in [0.25, 0.3) is 5.91 Å². The normalized spacial score (nSPS) is 22.2. The molecule has 132 valence electrons. The second kappa shape index (κ2) is 6.47. The molecular weight excluding hydrogens is 320 g/mol. The number of ether oxygens (including phenoxy) is 1. The average molecular weight is 342 g/mol. The number of morpholine rings is 1. The number of amides is 2. The van der Waals surface area contributed by atoms with Crippen molar-refractivity contribution in [2.45, 2.75) is 11.6 Å². The van der Waals surface area contributed by atoms with Crippen molar-refractivity contribution in [3.05, 3.63) is 35.4 Å². The Bertz CT molecular complexity index is 734. The van der Waals surface area contributed by atoms with E-state index in [9.17, 15) is 9.59 Å². The van der Waals surface area contributed by atoms with Crippen LogP contribution in [0.4, 0.5) is 0 Å². The van der Waals surface area contributed by atoms with Crippen LogP contribution in [0, 0.1) is 11.3 Å². The molecule has 2 fully saturated rings. The van der Waals surface area contributed by atoms with Crippen molar-refractivity contribution in [2.75, 3.05) is 47.4 Å². The molecule has 1 spiro atoms. The zero-order valence-electron chi connectivity index (χ0n) is 14.7. The molecule has 1 aromatic carbocycles. The molecule has 0 aromatic heterocycles. The largest absolute Gasteiger partial charge is 0.368 e. The van der Waals surface area contributed by atoms with Crippen LogP contribution in [-0.4, -0.2) is 85.5 Å². The number of carbonyl (C=O) groups is 2. The number of carbonyl (C=O) groups excluding carboxylic acids is 2. The van der Waals surface area contributed by atoms with Gasteiger partial charge in [-0.25, -0.2) is 0 Å². The van der Waals surface area contributed by atoms with Crippen LogP contribution in [-0.2, 0) is 9.53 Å². The molecule has 7 nitrogen and oxygen atoms in total. The third kappa shape index (κ3) is 3.23. The van der Waals surface area contributed by atoms with Gasteiger partial charge in [-0.05, 0) is 25.2 Å². The Hall–Kier alpha value is -2.43. The number of likely N-dealkylation sites (tertiary alicyclic amines) is 1. The Morgan fingerprint density at radius 1 is 1.32 bits per heavy atom. The van der Waals surface area contributed by atoms with Crippen molar-refractivity contribution < 1.29 is 14.3 Å². The molecule has 0 N–H and O–H groups in total. The fourth-order valence-corrected chi connectivity index (χ4v) is 3.44. The average Bonchev–Trinajstić information content (AvgIpc) is 2.58. The minimum atomic E-state index is -0.402. The Morgan fingerprint density at radius 2 is 2.04 bits per heavy atom. The number of hydrogen-bond acceptors (Lipinski definition) is 5. The summed E-state index contributed by atoms with van der Waals surface area (Å²) in [6, 6.07) is 8.47. The van der Waals surface area contributed by atoms with Gasteiger partial charge in [0, 0.05) is 26.2 Å². The Labute approximate surface area is 147 Å². The van der Waals surface area contributed by atoms with E-state index in [0.717, 1.165) is 0 Å². The molecule has 25 heavy (non-hydrogen) atoms. The minimum Gasteiger partial charge on any atom is -0.368 e. The molecule has 1 aromatic rings. The highest BCUT2D eigenvalue weighted by molar-refractivity contribution is 5.95. The summed E-state index contributed by atoms with van der Waals surface area (Å²) in [5, 5.41) is 8.96. The van der Waals surface area contributed by atoms with E-state index < -0.39 is 5.60 Å². The third-order valence-corrected chi connectivity index (χ3v) is 4.83. The smallest absolute Gasteiger partial charge is 0.254 e. The standard InChI is InChI=1S/C18H22N4O3/c1-20(2)17(24)15-9-25-18(10-21(15)3)11-22(12-18)16(23)14-6-4-5-13(7-14)8-19/h4-7,15H,9-12H2,1-3H3/t15-/m1/s1. The van der Waals surface area contributed by atoms with E-state index in [2.05, 4.69) is 0 Å². The number of nitriles is 1. The van der Waals surface area contributed by atoms with Gasteiger partial charge in [-0.1, -0.05) is 6.07 Å². The molecule has 2 saturated heterocycles. The van der Waals surface area contributed by atoms with Crippen molar-refractivity contribution in [2.24, 2.45) is 0 Å². The van der Waals surface area contributed by atoms with Crippen LogP contribution in [0.3, 0.4) is 0 Å². The Balaban J connectivity index is 1.61. The number of likely N-dealkylation sites (N-methyl/N-ethyl adjacent to an activating group) is 2. The first-order chi connectivity index (χ1) is 11.8. The molecule has 2 heterocycles. The van der Waals surface area contributed by atoms with Gasteiger partial charge < -0.3 is 14.5 Å². The molecule has 0 bridgehead atoms. The molecule has 0 aliphatic carbocycles. The van der Waals surface area contributed by atoms with Crippen molar-refractivity contribution >= 4 is 11.8 Å². The maximum Gasteiger partial charge on any atom is 0.254 e. The van der Waals surface area contributed by atoms with Crippen molar-refractivity contribution in [1.29, 1.82) is 5.26 Å². The lowest BCUT2D eigenvalue weighted by Crippen LogP contribution is -2.73. The Kier molecular flexibility index (Phi) is 4.50. The molecule has 2 aliphatic rings. The minimum absolute atomic E-state index is 0.0259. The summed E-state index contributed by atoms with van der Waals surface area (Å²) in [7, 11) is 5.39. The van der Waals surface area contributed by atoms with Gasteiger partial charge in [-0.2, -0.15) is 5.26 Å². The monoisotopic (exact) mass is 342 g/mol. The predicted octanol–water partition coefficient (Wildman–Crippen LogP) is 0.172. The number of nitrogens with zero attached hydrogens (tertiary/aromatic N) is 4. The lowest BCUT2D eigenvalue weighted by Gasteiger charge is -2.54. The predicted molar refractivity (Wildman–Crippen MR) is 90.9 cm³/mol. The van der Waals surface area contributed by atoms with E-state index in [1.54, 1.807) is 48.2 Å². The molecule has 0 unspecified atom stereocenters. The lowest BCUT2D eigenvalue weighted by molar-refractivity contribution is -0.190. The zero-order chi connectivity index (χ0) is 18.2. The van der Waals surface area contributed by atoms with Crippen LogP contribution in [0.15, 0.2) is 24.3 Å². The number of benzene rings is 1. The van der Waals surface area contributed by atoms with Crippen LogP contribution in [0.2, 0.25) is 0 Å². The van der Waals surface area contributed by atoms with Gasteiger partial charge in [0.2, 0.25) is 5.91 Å². The number of rotatable bonds is 2. The lowest BCUT2D eigenvalue weighted by atomic mass is 9.89. The molecule has 2 amide bonds. The first-order valence-electron chi connectivity index (χ1n) is 8.20. The molecule has 1 atom stereocenters. The topological polar surface area (TPSA) is 76.9 Å². The van der Waals surface area contributed by atoms with Gasteiger partial charge >= 0.3 is 0 Å². The SMILES string of the molecule is CN(C)C(=O)[C@H]1COC2(CN(C(=O)c3cccc(C#N)c3)C2)CN1C. The Morgan fingerprint density at radius 3 is 2.64 bits per heavy atom. The fourth-order valence-electron chi connectivity index (χ4n) is 3.44. The highest BCUT2D eigenvalue weighted by atomic mass is 16.5. The summed E-state index contributed by atoms with van der Waals surface area (Å²) in [5.74, 6) is -0.0709. The molecule has 7 heteroatoms. The maximum atomic E-state index is 12.6. The van der Waals surface area contributed by atoms with Gasteiger partial charge in [0.05, 0.1) is 31.3 Å². The third-order valence-electron chi connectivity index (χ3n) is 4.83. The summed E-state index contributed by atoms with van der Waals surface area (Å²) in [6.07, 6.45) is 0. The van der Waals surface area contributed by atoms with Crippen molar-refractivity contribution in [1.82, 2.24) is 14.7 Å². The van der Waals surface area contributed by atoms with E-state index in [1.807, 2.05) is 18.0 Å². The summed E-state index contributed by atoms with van der Waals surface area (Å²) >= 11 is 0. The van der Waals surface area contributed by atoms with E-state index in [-0.39, 0.29) is 17.9 Å². The summed E-state index contributed by atoms with van der Waals surface area (Å²) < 4.78 is 5.98. The van der Waals surface area contributed by atoms with Crippen molar-refractivity contribution in [3.8, 4) is 6.07 Å². The van der Waals surface area contributed by atoms with Crippen LogP contribution < -0.4 is 0 Å². The molecule has 2 aliphatic heterocycles. The van der Waals surface area contributed by atoms with Gasteiger partial charge in [0.1, 0.15) is 11.6 Å². The second-order valence-corrected chi connectivity index (χ2v) is 7.01. The second-order valence-electron chi connectivity index (χ2n) is 7.01. The maximum absolute atomic E-state index is 12.6. The zero-order valence-corrected chi connectivity index (χ0v) is 14.7.